The average molecular weight is 248 g/mol. The summed E-state index contributed by atoms with van der Waals surface area (Å²) in [6.45, 7) is 1.39. The Morgan fingerprint density at radius 2 is 1.89 bits per heavy atom. The molecule has 1 saturated carbocycles. The first kappa shape index (κ1) is 11.8. The lowest BCUT2D eigenvalue weighted by Crippen LogP contribution is -2.14. The molecule has 0 radical (unpaired) electrons. The smallest absolute Gasteiger partial charge is 0.161 e. The van der Waals surface area contributed by atoms with Crippen LogP contribution in [0, 0.1) is 5.92 Å². The normalized spacial score (nSPS) is 20.9. The molecule has 1 unspecified atom stereocenters. The van der Waals surface area contributed by atoms with Gasteiger partial charge in [0, 0.05) is 6.42 Å². The van der Waals surface area contributed by atoms with Crippen molar-refractivity contribution >= 4 is 0 Å². The van der Waals surface area contributed by atoms with Crippen molar-refractivity contribution in [3.8, 4) is 11.5 Å². The minimum absolute atomic E-state index is 0.368. The molecule has 0 saturated heterocycles. The van der Waals surface area contributed by atoms with Gasteiger partial charge in [-0.3, -0.25) is 0 Å². The number of hydrogen-bond acceptors (Lipinski definition) is 3. The van der Waals surface area contributed by atoms with E-state index in [4.69, 9.17) is 9.47 Å². The summed E-state index contributed by atoms with van der Waals surface area (Å²) in [5.41, 5.74) is 0.950. The van der Waals surface area contributed by atoms with Crippen molar-refractivity contribution in [2.75, 3.05) is 13.2 Å². The molecule has 98 valence electrons. The van der Waals surface area contributed by atoms with Crippen molar-refractivity contribution in [3.63, 3.8) is 0 Å². The third-order valence-electron chi connectivity index (χ3n) is 3.94. The Labute approximate surface area is 108 Å². The van der Waals surface area contributed by atoms with E-state index >= 15 is 0 Å². The zero-order valence-corrected chi connectivity index (χ0v) is 10.6. The summed E-state index contributed by atoms with van der Waals surface area (Å²) < 4.78 is 11.2. The summed E-state index contributed by atoms with van der Waals surface area (Å²) in [5.74, 6) is 2.28. The second-order valence-corrected chi connectivity index (χ2v) is 5.31. The molecular weight excluding hydrogens is 228 g/mol. The van der Waals surface area contributed by atoms with Crippen LogP contribution in [0.4, 0.5) is 0 Å². The Hall–Kier alpha value is -1.22. The molecule has 0 spiro atoms. The zero-order valence-electron chi connectivity index (χ0n) is 10.6. The van der Waals surface area contributed by atoms with E-state index in [1.165, 1.54) is 19.3 Å². The molecular formula is C15H20O3. The maximum atomic E-state index is 10.2. The molecule has 1 aromatic carbocycles. The maximum Gasteiger partial charge on any atom is 0.161 e. The highest BCUT2D eigenvalue weighted by atomic mass is 16.5. The number of ether oxygens (including phenoxy) is 2. The van der Waals surface area contributed by atoms with Gasteiger partial charge in [-0.2, -0.15) is 0 Å². The first-order valence-corrected chi connectivity index (χ1v) is 6.90. The topological polar surface area (TPSA) is 38.7 Å². The van der Waals surface area contributed by atoms with Crippen LogP contribution in [0.15, 0.2) is 18.2 Å². The molecule has 3 rings (SSSR count). The minimum atomic E-state index is -0.368. The van der Waals surface area contributed by atoms with Gasteiger partial charge in [-0.05, 0) is 30.0 Å². The van der Waals surface area contributed by atoms with E-state index in [2.05, 4.69) is 0 Å². The van der Waals surface area contributed by atoms with E-state index in [1.807, 2.05) is 18.2 Å². The Morgan fingerprint density at radius 1 is 1.11 bits per heavy atom. The van der Waals surface area contributed by atoms with Crippen LogP contribution in [0.2, 0.25) is 0 Å². The van der Waals surface area contributed by atoms with Crippen LogP contribution in [0.1, 0.15) is 43.8 Å². The Kier molecular flexibility index (Phi) is 3.41. The number of aliphatic hydroxyl groups excluding tert-OH is 1. The molecule has 1 atom stereocenters. The summed E-state index contributed by atoms with van der Waals surface area (Å²) in [4.78, 5) is 0. The lowest BCUT2D eigenvalue weighted by Gasteiger charge is -2.27. The van der Waals surface area contributed by atoms with Gasteiger partial charge in [0.1, 0.15) is 0 Å². The summed E-state index contributed by atoms with van der Waals surface area (Å²) in [6, 6.07) is 5.81. The van der Waals surface area contributed by atoms with Crippen LogP contribution >= 0.6 is 0 Å². The van der Waals surface area contributed by atoms with Gasteiger partial charge in [0.15, 0.2) is 11.5 Å². The maximum absolute atomic E-state index is 10.2. The van der Waals surface area contributed by atoms with Crippen molar-refractivity contribution in [2.24, 2.45) is 5.92 Å². The summed E-state index contributed by atoms with van der Waals surface area (Å²) in [7, 11) is 0. The first-order valence-electron chi connectivity index (χ1n) is 6.90. The number of fused-ring (bicyclic) bond motifs is 1. The Balaban J connectivity index is 1.73. The van der Waals surface area contributed by atoms with Gasteiger partial charge >= 0.3 is 0 Å². The van der Waals surface area contributed by atoms with Crippen molar-refractivity contribution in [3.05, 3.63) is 23.8 Å². The fourth-order valence-corrected chi connectivity index (χ4v) is 2.57. The molecule has 3 nitrogen and oxygen atoms in total. The highest BCUT2D eigenvalue weighted by molar-refractivity contribution is 5.44. The lowest BCUT2D eigenvalue weighted by atomic mass is 9.80. The summed E-state index contributed by atoms with van der Waals surface area (Å²) >= 11 is 0. The van der Waals surface area contributed by atoms with Crippen LogP contribution in [0.5, 0.6) is 11.5 Å². The van der Waals surface area contributed by atoms with Crippen molar-refractivity contribution in [2.45, 2.75) is 38.2 Å². The van der Waals surface area contributed by atoms with E-state index in [0.29, 0.717) is 19.1 Å². The second kappa shape index (κ2) is 5.19. The number of rotatable bonds is 3. The van der Waals surface area contributed by atoms with E-state index in [9.17, 15) is 5.11 Å². The highest BCUT2D eigenvalue weighted by Crippen LogP contribution is 2.37. The van der Waals surface area contributed by atoms with Gasteiger partial charge in [-0.25, -0.2) is 0 Å². The van der Waals surface area contributed by atoms with Gasteiger partial charge in [-0.1, -0.05) is 25.3 Å². The summed E-state index contributed by atoms with van der Waals surface area (Å²) in [6.07, 6.45) is 5.27. The Bertz CT molecular complexity index is 412. The molecule has 1 aliphatic heterocycles. The largest absolute Gasteiger partial charge is 0.490 e. The third-order valence-corrected chi connectivity index (χ3v) is 3.94. The molecule has 1 N–H and O–H groups in total. The molecule has 1 fully saturated rings. The molecule has 2 aliphatic rings. The van der Waals surface area contributed by atoms with Gasteiger partial charge < -0.3 is 14.6 Å². The second-order valence-electron chi connectivity index (χ2n) is 5.31. The molecule has 0 aromatic heterocycles. The lowest BCUT2D eigenvalue weighted by molar-refractivity contribution is 0.118. The average Bonchev–Trinajstić information content (AvgIpc) is 2.57. The molecule has 1 aliphatic carbocycles. The van der Waals surface area contributed by atoms with Gasteiger partial charge in [0.25, 0.3) is 0 Å². The van der Waals surface area contributed by atoms with Gasteiger partial charge in [0.05, 0.1) is 19.3 Å². The van der Waals surface area contributed by atoms with Crippen molar-refractivity contribution in [1.82, 2.24) is 0 Å². The van der Waals surface area contributed by atoms with E-state index in [0.717, 1.165) is 29.9 Å². The quantitative estimate of drug-likeness (QED) is 0.893. The zero-order chi connectivity index (χ0) is 12.4. The fourth-order valence-electron chi connectivity index (χ4n) is 2.57. The molecule has 1 aromatic rings. The van der Waals surface area contributed by atoms with Crippen molar-refractivity contribution in [1.29, 1.82) is 0 Å². The highest BCUT2D eigenvalue weighted by Gasteiger charge is 2.22. The van der Waals surface area contributed by atoms with Crippen LogP contribution < -0.4 is 9.47 Å². The van der Waals surface area contributed by atoms with Gasteiger partial charge in [0.2, 0.25) is 0 Å². The number of benzene rings is 1. The van der Waals surface area contributed by atoms with Crippen molar-refractivity contribution < 1.29 is 14.6 Å². The predicted molar refractivity (Wildman–Crippen MR) is 69.0 cm³/mol. The SMILES string of the molecule is OC(CC1CCC1)c1ccc2c(c1)OCCCO2. The molecule has 3 heteroatoms. The monoisotopic (exact) mass is 248 g/mol. The van der Waals surface area contributed by atoms with Crippen LogP contribution in [0.25, 0.3) is 0 Å². The minimum Gasteiger partial charge on any atom is -0.490 e. The van der Waals surface area contributed by atoms with E-state index < -0.39 is 0 Å². The van der Waals surface area contributed by atoms with E-state index in [-0.39, 0.29) is 6.10 Å². The summed E-state index contributed by atoms with van der Waals surface area (Å²) in [5, 5.41) is 10.2. The number of hydrogen-bond donors (Lipinski definition) is 1. The van der Waals surface area contributed by atoms with E-state index in [1.54, 1.807) is 0 Å². The molecule has 0 bridgehead atoms. The Morgan fingerprint density at radius 3 is 2.61 bits per heavy atom. The predicted octanol–water partition coefficient (Wildman–Crippen LogP) is 3.07. The standard InChI is InChI=1S/C15H20O3/c16-13(9-11-3-1-4-11)12-5-6-14-15(10-12)18-8-2-7-17-14/h5-6,10-11,13,16H,1-4,7-9H2. The molecule has 18 heavy (non-hydrogen) atoms. The first-order chi connectivity index (χ1) is 8.83. The van der Waals surface area contributed by atoms with Crippen LogP contribution in [-0.4, -0.2) is 18.3 Å². The van der Waals surface area contributed by atoms with Gasteiger partial charge in [-0.15, -0.1) is 0 Å². The van der Waals surface area contributed by atoms with Crippen LogP contribution in [0.3, 0.4) is 0 Å². The molecule has 0 amide bonds. The van der Waals surface area contributed by atoms with Crippen LogP contribution in [-0.2, 0) is 0 Å². The third kappa shape index (κ3) is 2.46. The number of aliphatic hydroxyl groups is 1. The fraction of sp³-hybridized carbons (Fsp3) is 0.600. The molecule has 1 heterocycles.